The number of carboxylic acid groups (broad SMARTS) is 1. The van der Waals surface area contributed by atoms with Gasteiger partial charge in [-0.25, -0.2) is 4.79 Å². The van der Waals surface area contributed by atoms with Crippen molar-refractivity contribution < 1.29 is 29.4 Å². The molecule has 5 rings (SSSR count). The van der Waals surface area contributed by atoms with Crippen molar-refractivity contribution in [1.82, 2.24) is 20.5 Å². The molecule has 1 fully saturated rings. The van der Waals surface area contributed by atoms with Crippen LogP contribution in [0, 0.1) is 0 Å². The number of hydrogen-bond donors (Lipinski definition) is 6. The van der Waals surface area contributed by atoms with Gasteiger partial charge >= 0.3 is 5.97 Å². The average molecular weight is 612 g/mol. The summed E-state index contributed by atoms with van der Waals surface area (Å²) >= 11 is 0. The zero-order valence-corrected chi connectivity index (χ0v) is 24.7. The molecule has 7 N–H and O–H groups in total. The topological polar surface area (TPSA) is 178 Å². The number of carboxylic acids is 1. The number of likely N-dealkylation sites (tertiary alicyclic amines) is 1. The monoisotopic (exact) mass is 611 g/mol. The molecular formula is C34H37N5O6. The van der Waals surface area contributed by atoms with Gasteiger partial charge < -0.3 is 36.5 Å². The van der Waals surface area contributed by atoms with E-state index < -0.39 is 47.9 Å². The molecule has 0 saturated carbocycles. The second kappa shape index (κ2) is 14.1. The van der Waals surface area contributed by atoms with E-state index in [1.165, 1.54) is 17.0 Å². The quantitative estimate of drug-likeness (QED) is 0.142. The number of carbonyl (C=O) groups excluding carboxylic acids is 3. The molecule has 234 valence electrons. The first kappa shape index (κ1) is 31.3. The number of aliphatic carboxylic acids is 1. The molecule has 4 unspecified atom stereocenters. The Bertz CT molecular complexity index is 1650. The lowest BCUT2D eigenvalue weighted by atomic mass is 10.0. The van der Waals surface area contributed by atoms with E-state index in [9.17, 15) is 29.4 Å². The molecule has 4 aromatic rings. The number of aromatic amines is 1. The molecule has 3 aromatic carbocycles. The molecule has 11 nitrogen and oxygen atoms in total. The van der Waals surface area contributed by atoms with Crippen molar-refractivity contribution in [3.8, 4) is 5.75 Å². The summed E-state index contributed by atoms with van der Waals surface area (Å²) in [7, 11) is 0. The number of nitrogens with one attached hydrogen (secondary N) is 3. The van der Waals surface area contributed by atoms with Crippen LogP contribution >= 0.6 is 0 Å². The van der Waals surface area contributed by atoms with Gasteiger partial charge in [-0.1, -0.05) is 60.7 Å². The highest BCUT2D eigenvalue weighted by Crippen LogP contribution is 2.22. The molecule has 0 spiro atoms. The summed E-state index contributed by atoms with van der Waals surface area (Å²) in [6, 6.07) is 19.0. The second-order valence-electron chi connectivity index (χ2n) is 11.4. The number of para-hydroxylation sites is 1. The predicted octanol–water partition coefficient (Wildman–Crippen LogP) is 2.27. The Labute approximate surface area is 260 Å². The van der Waals surface area contributed by atoms with E-state index in [2.05, 4.69) is 15.6 Å². The van der Waals surface area contributed by atoms with Gasteiger partial charge in [0.1, 0.15) is 23.9 Å². The fourth-order valence-corrected chi connectivity index (χ4v) is 5.80. The predicted molar refractivity (Wildman–Crippen MR) is 168 cm³/mol. The van der Waals surface area contributed by atoms with Crippen molar-refractivity contribution in [2.45, 2.75) is 56.3 Å². The van der Waals surface area contributed by atoms with Crippen molar-refractivity contribution in [3.05, 3.63) is 102 Å². The Morgan fingerprint density at radius 3 is 2.24 bits per heavy atom. The molecule has 1 aliphatic heterocycles. The number of H-pyrrole nitrogens is 1. The third-order valence-corrected chi connectivity index (χ3v) is 8.18. The third-order valence-electron chi connectivity index (χ3n) is 8.18. The summed E-state index contributed by atoms with van der Waals surface area (Å²) in [5, 5.41) is 26.0. The molecule has 0 radical (unpaired) electrons. The van der Waals surface area contributed by atoms with Crippen molar-refractivity contribution in [2.24, 2.45) is 5.73 Å². The van der Waals surface area contributed by atoms with Crippen LogP contribution in [-0.2, 0) is 38.4 Å². The smallest absolute Gasteiger partial charge is 0.326 e. The van der Waals surface area contributed by atoms with E-state index in [1.807, 2.05) is 54.6 Å². The molecule has 0 bridgehead atoms. The van der Waals surface area contributed by atoms with E-state index in [1.54, 1.807) is 18.3 Å². The molecule has 0 aliphatic carbocycles. The number of phenols is 1. The van der Waals surface area contributed by atoms with Crippen molar-refractivity contribution >= 4 is 34.6 Å². The van der Waals surface area contributed by atoms with Gasteiger partial charge in [-0.3, -0.25) is 14.4 Å². The number of nitrogens with zero attached hydrogens (tertiary/aromatic N) is 1. The fourth-order valence-electron chi connectivity index (χ4n) is 5.80. The first-order valence-corrected chi connectivity index (χ1v) is 15.0. The molecule has 3 amide bonds. The fraction of sp³-hybridized carbons (Fsp3) is 0.294. The minimum absolute atomic E-state index is 0.0458. The van der Waals surface area contributed by atoms with Crippen LogP contribution in [0.5, 0.6) is 5.75 Å². The second-order valence-corrected chi connectivity index (χ2v) is 11.4. The number of fused-ring (bicyclic) bond motifs is 1. The summed E-state index contributed by atoms with van der Waals surface area (Å²) in [5.74, 6) is -2.72. The third kappa shape index (κ3) is 7.68. The Morgan fingerprint density at radius 2 is 1.51 bits per heavy atom. The van der Waals surface area contributed by atoms with E-state index in [-0.39, 0.29) is 31.6 Å². The van der Waals surface area contributed by atoms with Gasteiger partial charge in [0.15, 0.2) is 0 Å². The molecule has 1 saturated heterocycles. The summed E-state index contributed by atoms with van der Waals surface area (Å²) < 4.78 is 0. The maximum absolute atomic E-state index is 14.0. The van der Waals surface area contributed by atoms with Crippen molar-refractivity contribution in [2.75, 3.05) is 6.54 Å². The number of carbonyl (C=O) groups is 4. The number of rotatable bonds is 12. The first-order valence-electron chi connectivity index (χ1n) is 15.0. The Kier molecular flexibility index (Phi) is 9.79. The molecule has 4 atom stereocenters. The Balaban J connectivity index is 1.41. The number of amides is 3. The minimum atomic E-state index is -1.12. The number of nitrogens with two attached hydrogens (primary N) is 1. The highest BCUT2D eigenvalue weighted by Gasteiger charge is 2.38. The van der Waals surface area contributed by atoms with Crippen LogP contribution in [0.15, 0.2) is 85.1 Å². The molecule has 1 aromatic heterocycles. The molecule has 2 heterocycles. The van der Waals surface area contributed by atoms with E-state index in [0.29, 0.717) is 18.4 Å². The number of aromatic hydroxyl groups is 1. The highest BCUT2D eigenvalue weighted by molar-refractivity contribution is 5.95. The van der Waals surface area contributed by atoms with Crippen molar-refractivity contribution in [3.63, 3.8) is 0 Å². The standard InChI is InChI=1S/C34H37N5O6/c35-26(17-21-7-2-1-3-8-21)31(41)37-28(19-23-20-36-27-10-5-4-9-25(23)27)32(42)38-29(18-22-12-14-24(40)15-13-22)33(43)39-16-6-11-30(39)34(44)45/h1-5,7-10,12-15,20,26,28-30,36,40H,6,11,16-19,35H2,(H,37,41)(H,38,42)(H,44,45). The highest BCUT2D eigenvalue weighted by atomic mass is 16.4. The van der Waals surface area contributed by atoms with Gasteiger partial charge in [0.05, 0.1) is 6.04 Å². The summed E-state index contributed by atoms with van der Waals surface area (Å²) in [4.78, 5) is 57.5. The largest absolute Gasteiger partial charge is 0.508 e. The van der Waals surface area contributed by atoms with Crippen LogP contribution in [-0.4, -0.2) is 74.5 Å². The lowest BCUT2D eigenvalue weighted by molar-refractivity contribution is -0.149. The first-order chi connectivity index (χ1) is 21.7. The van der Waals surface area contributed by atoms with Crippen molar-refractivity contribution in [1.29, 1.82) is 0 Å². The van der Waals surface area contributed by atoms with E-state index in [0.717, 1.165) is 22.0 Å². The zero-order chi connectivity index (χ0) is 31.9. The Hall–Kier alpha value is -5.16. The molecule has 1 aliphatic rings. The summed E-state index contributed by atoms with van der Waals surface area (Å²) in [6.07, 6.45) is 3.06. The summed E-state index contributed by atoms with van der Waals surface area (Å²) in [5.41, 5.74) is 9.44. The average Bonchev–Trinajstić information content (AvgIpc) is 3.69. The number of aromatic nitrogens is 1. The maximum atomic E-state index is 14.0. The Morgan fingerprint density at radius 1 is 0.844 bits per heavy atom. The van der Waals surface area contributed by atoms with Crippen LogP contribution < -0.4 is 16.4 Å². The SMILES string of the molecule is NC(Cc1ccccc1)C(=O)NC(Cc1c[nH]c2ccccc12)C(=O)NC(Cc1ccc(O)cc1)C(=O)N1CCCC1C(=O)O. The minimum Gasteiger partial charge on any atom is -0.508 e. The van der Waals surface area contributed by atoms with E-state index in [4.69, 9.17) is 5.73 Å². The van der Waals surface area contributed by atoms with Crippen LogP contribution in [0.4, 0.5) is 0 Å². The van der Waals surface area contributed by atoms with Gasteiger partial charge in [-0.15, -0.1) is 0 Å². The van der Waals surface area contributed by atoms with Crippen LogP contribution in [0.2, 0.25) is 0 Å². The lowest BCUT2D eigenvalue weighted by Crippen LogP contribution is -2.58. The number of hydrogen-bond acceptors (Lipinski definition) is 6. The van der Waals surface area contributed by atoms with Gasteiger partial charge in [-0.2, -0.15) is 0 Å². The molecule has 45 heavy (non-hydrogen) atoms. The summed E-state index contributed by atoms with van der Waals surface area (Å²) in [6.45, 7) is 0.252. The maximum Gasteiger partial charge on any atom is 0.326 e. The zero-order valence-electron chi connectivity index (χ0n) is 24.7. The van der Waals surface area contributed by atoms with Gasteiger partial charge in [0, 0.05) is 36.5 Å². The lowest BCUT2D eigenvalue weighted by Gasteiger charge is -2.29. The number of phenolic OH excluding ortho intramolecular Hbond substituents is 1. The van der Waals surface area contributed by atoms with Gasteiger partial charge in [-0.05, 0) is 54.2 Å². The number of benzene rings is 3. The molecular weight excluding hydrogens is 574 g/mol. The van der Waals surface area contributed by atoms with Gasteiger partial charge in [0.25, 0.3) is 0 Å². The van der Waals surface area contributed by atoms with Crippen LogP contribution in [0.3, 0.4) is 0 Å². The molecule has 11 heteroatoms. The van der Waals surface area contributed by atoms with Crippen LogP contribution in [0.1, 0.15) is 29.5 Å². The van der Waals surface area contributed by atoms with Gasteiger partial charge in [0.2, 0.25) is 17.7 Å². The normalized spacial score (nSPS) is 16.6. The van der Waals surface area contributed by atoms with Crippen LogP contribution in [0.25, 0.3) is 10.9 Å². The van der Waals surface area contributed by atoms with E-state index >= 15 is 0 Å².